The molecule has 1 aliphatic heterocycles. The fourth-order valence-electron chi connectivity index (χ4n) is 3.95. The van der Waals surface area contributed by atoms with Gasteiger partial charge in [0.05, 0.1) is 0 Å². The molecular weight excluding hydrogens is 240 g/mol. The number of nitrogens with one attached hydrogen (secondary N) is 1. The minimum Gasteiger partial charge on any atom is -0.308 e. The van der Waals surface area contributed by atoms with E-state index in [0.717, 1.165) is 6.04 Å². The largest absolute Gasteiger partial charge is 0.308 e. The third kappa shape index (κ3) is 2.46. The summed E-state index contributed by atoms with van der Waals surface area (Å²) in [7, 11) is 0. The number of hydrogen-bond acceptors (Lipinski definition) is 3. The number of hydrogen-bond donors (Lipinski definition) is 1. The van der Waals surface area contributed by atoms with Gasteiger partial charge in [-0.15, -0.1) is 0 Å². The topological polar surface area (TPSA) is 15.3 Å². The van der Waals surface area contributed by atoms with Gasteiger partial charge in [0.1, 0.15) is 0 Å². The molecule has 0 aromatic rings. The molecule has 1 spiro atoms. The first-order chi connectivity index (χ1) is 8.71. The van der Waals surface area contributed by atoms with Gasteiger partial charge in [0.15, 0.2) is 0 Å². The molecule has 2 saturated carbocycles. The van der Waals surface area contributed by atoms with E-state index in [1.54, 1.807) is 0 Å². The van der Waals surface area contributed by atoms with E-state index in [-0.39, 0.29) is 0 Å². The Bertz CT molecular complexity index is 295. The first-order valence-electron chi connectivity index (χ1n) is 7.75. The first-order valence-corrected chi connectivity index (χ1v) is 8.98. The summed E-state index contributed by atoms with van der Waals surface area (Å²) in [5.41, 5.74) is 0.486. The molecule has 2 nitrogen and oxygen atoms in total. The maximum absolute atomic E-state index is 3.90. The predicted molar refractivity (Wildman–Crippen MR) is 80.3 cm³/mol. The Morgan fingerprint density at radius 1 is 1.22 bits per heavy atom. The van der Waals surface area contributed by atoms with Crippen molar-refractivity contribution < 1.29 is 0 Å². The summed E-state index contributed by atoms with van der Waals surface area (Å²) in [6.45, 7) is 6.23. The Labute approximate surface area is 116 Å². The van der Waals surface area contributed by atoms with Crippen LogP contribution in [-0.2, 0) is 0 Å². The SMILES string of the molecule is CCC1CNC2(CCCC2)CN1CC1(SC)CC1. The van der Waals surface area contributed by atoms with Crippen molar-refractivity contribution in [2.45, 2.75) is 68.2 Å². The van der Waals surface area contributed by atoms with E-state index < -0.39 is 0 Å². The van der Waals surface area contributed by atoms with E-state index in [9.17, 15) is 0 Å². The molecule has 1 saturated heterocycles. The number of piperazine rings is 1. The molecular formula is C15H28N2S. The summed E-state index contributed by atoms with van der Waals surface area (Å²) < 4.78 is 0.630. The lowest BCUT2D eigenvalue weighted by atomic mass is 9.91. The van der Waals surface area contributed by atoms with Crippen LogP contribution in [0.2, 0.25) is 0 Å². The van der Waals surface area contributed by atoms with Crippen LogP contribution >= 0.6 is 11.8 Å². The lowest BCUT2D eigenvalue weighted by molar-refractivity contribution is 0.0772. The van der Waals surface area contributed by atoms with Crippen molar-refractivity contribution in [3.63, 3.8) is 0 Å². The third-order valence-electron chi connectivity index (χ3n) is 5.50. The van der Waals surface area contributed by atoms with Crippen LogP contribution in [0.4, 0.5) is 0 Å². The summed E-state index contributed by atoms with van der Waals surface area (Å²) in [4.78, 5) is 2.84. The predicted octanol–water partition coefficient (Wildman–Crippen LogP) is 2.88. The van der Waals surface area contributed by atoms with E-state index in [4.69, 9.17) is 0 Å². The highest BCUT2D eigenvalue weighted by Crippen LogP contribution is 2.48. The zero-order valence-corrected chi connectivity index (χ0v) is 12.8. The van der Waals surface area contributed by atoms with Gasteiger partial charge in [-0.2, -0.15) is 11.8 Å². The van der Waals surface area contributed by atoms with Crippen LogP contribution in [0, 0.1) is 0 Å². The highest BCUT2D eigenvalue weighted by Gasteiger charge is 2.47. The normalized spacial score (nSPS) is 34.0. The lowest BCUT2D eigenvalue weighted by Crippen LogP contribution is -2.63. The fraction of sp³-hybridized carbons (Fsp3) is 1.00. The van der Waals surface area contributed by atoms with Gasteiger partial charge in [-0.1, -0.05) is 19.8 Å². The van der Waals surface area contributed by atoms with Crippen LogP contribution in [0.1, 0.15) is 51.9 Å². The van der Waals surface area contributed by atoms with Crippen LogP contribution in [-0.4, -0.2) is 47.1 Å². The van der Waals surface area contributed by atoms with Gasteiger partial charge in [0, 0.05) is 36.0 Å². The fourth-order valence-corrected chi connectivity index (χ4v) is 4.75. The van der Waals surface area contributed by atoms with Gasteiger partial charge in [-0.3, -0.25) is 4.90 Å². The molecule has 0 bridgehead atoms. The number of rotatable bonds is 4. The van der Waals surface area contributed by atoms with Gasteiger partial charge in [-0.05, 0) is 38.4 Å². The molecule has 18 heavy (non-hydrogen) atoms. The molecule has 104 valence electrons. The van der Waals surface area contributed by atoms with Crippen LogP contribution < -0.4 is 5.32 Å². The van der Waals surface area contributed by atoms with Crippen molar-refractivity contribution in [3.05, 3.63) is 0 Å². The second kappa shape index (κ2) is 4.99. The van der Waals surface area contributed by atoms with Crippen LogP contribution in [0.25, 0.3) is 0 Å². The molecule has 1 N–H and O–H groups in total. The molecule has 1 heterocycles. The van der Waals surface area contributed by atoms with Crippen LogP contribution in [0.3, 0.4) is 0 Å². The molecule has 3 heteroatoms. The van der Waals surface area contributed by atoms with E-state index in [2.05, 4.69) is 35.2 Å². The third-order valence-corrected chi connectivity index (χ3v) is 6.90. The maximum atomic E-state index is 3.90. The Morgan fingerprint density at radius 2 is 1.94 bits per heavy atom. The van der Waals surface area contributed by atoms with Crippen molar-refractivity contribution in [2.24, 2.45) is 0 Å². The molecule has 0 radical (unpaired) electrons. The Kier molecular flexibility index (Phi) is 3.68. The average molecular weight is 268 g/mol. The van der Waals surface area contributed by atoms with Crippen LogP contribution in [0.5, 0.6) is 0 Å². The minimum absolute atomic E-state index is 0.486. The number of thioether (sulfide) groups is 1. The van der Waals surface area contributed by atoms with Gasteiger partial charge < -0.3 is 5.32 Å². The zero-order valence-electron chi connectivity index (χ0n) is 12.0. The molecule has 1 atom stereocenters. The molecule has 0 aromatic carbocycles. The molecule has 3 fully saturated rings. The van der Waals surface area contributed by atoms with Gasteiger partial charge in [0.2, 0.25) is 0 Å². The Balaban J connectivity index is 1.67. The average Bonchev–Trinajstić information content (AvgIpc) is 3.03. The van der Waals surface area contributed by atoms with Crippen molar-refractivity contribution in [1.29, 1.82) is 0 Å². The molecule has 2 aliphatic carbocycles. The van der Waals surface area contributed by atoms with E-state index in [1.807, 2.05) is 0 Å². The molecule has 1 unspecified atom stereocenters. The standard InChI is InChI=1S/C15H28N2S/c1-3-13-10-16-14(6-4-5-7-14)11-17(13)12-15(18-2)8-9-15/h13,16H,3-12H2,1-2H3. The molecule has 0 aromatic heterocycles. The molecule has 3 rings (SSSR count). The molecule has 0 amide bonds. The summed E-state index contributed by atoms with van der Waals surface area (Å²) in [6.07, 6.45) is 12.2. The van der Waals surface area contributed by atoms with Gasteiger partial charge in [-0.25, -0.2) is 0 Å². The zero-order chi connectivity index (χ0) is 12.6. The Hall–Kier alpha value is 0.270. The van der Waals surface area contributed by atoms with Crippen molar-refractivity contribution in [3.8, 4) is 0 Å². The summed E-state index contributed by atoms with van der Waals surface area (Å²) in [6, 6.07) is 0.779. The summed E-state index contributed by atoms with van der Waals surface area (Å²) in [5.74, 6) is 0. The minimum atomic E-state index is 0.486. The highest BCUT2D eigenvalue weighted by atomic mass is 32.2. The van der Waals surface area contributed by atoms with Crippen molar-refractivity contribution in [1.82, 2.24) is 10.2 Å². The monoisotopic (exact) mass is 268 g/mol. The number of nitrogens with zero attached hydrogens (tertiary/aromatic N) is 1. The second-order valence-corrected chi connectivity index (χ2v) is 8.00. The Morgan fingerprint density at radius 3 is 2.50 bits per heavy atom. The molecule has 3 aliphatic rings. The van der Waals surface area contributed by atoms with E-state index in [1.165, 1.54) is 64.6 Å². The quantitative estimate of drug-likeness (QED) is 0.844. The maximum Gasteiger partial charge on any atom is 0.0309 e. The smallest absolute Gasteiger partial charge is 0.0309 e. The second-order valence-electron chi connectivity index (χ2n) is 6.72. The summed E-state index contributed by atoms with van der Waals surface area (Å²) in [5, 5.41) is 3.90. The highest BCUT2D eigenvalue weighted by molar-refractivity contribution is 8.00. The lowest BCUT2D eigenvalue weighted by Gasteiger charge is -2.47. The summed E-state index contributed by atoms with van der Waals surface area (Å²) >= 11 is 2.11. The van der Waals surface area contributed by atoms with Crippen molar-refractivity contribution >= 4 is 11.8 Å². The van der Waals surface area contributed by atoms with Crippen LogP contribution in [0.15, 0.2) is 0 Å². The van der Waals surface area contributed by atoms with Gasteiger partial charge in [0.25, 0.3) is 0 Å². The van der Waals surface area contributed by atoms with E-state index in [0.29, 0.717) is 10.3 Å². The van der Waals surface area contributed by atoms with Crippen molar-refractivity contribution in [2.75, 3.05) is 25.9 Å². The van der Waals surface area contributed by atoms with Gasteiger partial charge >= 0.3 is 0 Å². The van der Waals surface area contributed by atoms with E-state index >= 15 is 0 Å². The first kappa shape index (κ1) is 13.3.